The molecule has 1 rings (SSSR count). The van der Waals surface area contributed by atoms with E-state index in [-0.39, 0.29) is 19.0 Å². The van der Waals surface area contributed by atoms with Crippen LogP contribution in [0.4, 0.5) is 5.88 Å². The number of nitrogens with zero attached hydrogens (tertiary/aromatic N) is 1. The number of rotatable bonds is 5. The largest absolute Gasteiger partial charge is 0.433 e. The number of hydrogen-bond acceptors (Lipinski definition) is 5. The van der Waals surface area contributed by atoms with Crippen LogP contribution >= 0.6 is 0 Å². The van der Waals surface area contributed by atoms with Crippen LogP contribution < -0.4 is 11.1 Å². The van der Waals surface area contributed by atoms with E-state index in [1.54, 1.807) is 0 Å². The van der Waals surface area contributed by atoms with Crippen LogP contribution in [0.2, 0.25) is 0 Å². The van der Waals surface area contributed by atoms with Gasteiger partial charge in [-0.15, -0.1) is 0 Å². The number of amides is 1. The van der Waals surface area contributed by atoms with E-state index in [2.05, 4.69) is 5.32 Å². The molecule has 0 saturated heterocycles. The summed E-state index contributed by atoms with van der Waals surface area (Å²) in [5, 5.41) is 12.9. The summed E-state index contributed by atoms with van der Waals surface area (Å²) < 4.78 is 4.81. The predicted molar refractivity (Wildman–Crippen MR) is 46.3 cm³/mol. The van der Waals surface area contributed by atoms with E-state index in [4.69, 9.17) is 10.2 Å². The van der Waals surface area contributed by atoms with Gasteiger partial charge in [0.1, 0.15) is 10.7 Å². The normalized spacial score (nSPS) is 10.0. The molecule has 0 aliphatic carbocycles. The van der Waals surface area contributed by atoms with Gasteiger partial charge in [0, 0.05) is 0 Å². The first-order valence-corrected chi connectivity index (χ1v) is 3.81. The van der Waals surface area contributed by atoms with Gasteiger partial charge in [-0.3, -0.25) is 14.9 Å². The summed E-state index contributed by atoms with van der Waals surface area (Å²) in [5.74, 6) is -0.426. The van der Waals surface area contributed by atoms with Gasteiger partial charge in [0.05, 0.1) is 19.2 Å². The molecule has 1 aromatic rings. The molecule has 3 N–H and O–H groups in total. The van der Waals surface area contributed by atoms with Crippen molar-refractivity contribution in [2.75, 3.05) is 6.54 Å². The number of carbonyl (C=O) groups excluding carboxylic acids is 1. The summed E-state index contributed by atoms with van der Waals surface area (Å²) in [7, 11) is 0. The Morgan fingerprint density at radius 3 is 2.86 bits per heavy atom. The highest BCUT2D eigenvalue weighted by Gasteiger charge is 2.11. The van der Waals surface area contributed by atoms with Gasteiger partial charge in [-0.25, -0.2) is 0 Å². The highest BCUT2D eigenvalue weighted by atomic mass is 16.6. The molecule has 7 heteroatoms. The van der Waals surface area contributed by atoms with Crippen molar-refractivity contribution in [2.45, 2.75) is 6.54 Å². The molecule has 1 aromatic heterocycles. The van der Waals surface area contributed by atoms with Crippen LogP contribution in [0.25, 0.3) is 0 Å². The van der Waals surface area contributed by atoms with Gasteiger partial charge in [-0.2, -0.15) is 0 Å². The fraction of sp³-hybridized carbons (Fsp3) is 0.286. The first-order valence-electron chi connectivity index (χ1n) is 3.81. The first-order chi connectivity index (χ1) is 6.59. The number of nitrogens with one attached hydrogen (secondary N) is 1. The third-order valence-corrected chi connectivity index (χ3v) is 1.43. The highest BCUT2D eigenvalue weighted by molar-refractivity contribution is 5.75. The van der Waals surface area contributed by atoms with Crippen molar-refractivity contribution in [3.8, 4) is 0 Å². The lowest BCUT2D eigenvalue weighted by Gasteiger charge is -1.96. The average Bonchev–Trinajstić information content (AvgIpc) is 2.52. The molecule has 0 unspecified atom stereocenters. The van der Waals surface area contributed by atoms with Crippen molar-refractivity contribution in [3.63, 3.8) is 0 Å². The van der Waals surface area contributed by atoms with Gasteiger partial charge in [0.25, 0.3) is 0 Å². The van der Waals surface area contributed by atoms with Gasteiger partial charge < -0.3 is 15.5 Å². The second kappa shape index (κ2) is 4.38. The van der Waals surface area contributed by atoms with Crippen LogP contribution in [0.5, 0.6) is 0 Å². The van der Waals surface area contributed by atoms with Gasteiger partial charge in [-0.1, -0.05) is 0 Å². The molecule has 0 fully saturated rings. The molecular formula is C7H9N3O4. The molecule has 0 saturated carbocycles. The minimum Gasteiger partial charge on any atom is -0.404 e. The fourth-order valence-corrected chi connectivity index (χ4v) is 0.869. The van der Waals surface area contributed by atoms with Crippen molar-refractivity contribution < 1.29 is 14.1 Å². The van der Waals surface area contributed by atoms with E-state index in [1.807, 2.05) is 0 Å². The molecule has 0 aliphatic heterocycles. The molecule has 0 aromatic carbocycles. The summed E-state index contributed by atoms with van der Waals surface area (Å²) in [6, 6.07) is 2.72. The van der Waals surface area contributed by atoms with Crippen LogP contribution in [-0.2, 0) is 11.3 Å². The minimum atomic E-state index is -0.627. The molecule has 0 radical (unpaired) electrons. The van der Waals surface area contributed by atoms with Crippen molar-refractivity contribution in [1.29, 1.82) is 0 Å². The Kier molecular flexibility index (Phi) is 3.19. The number of hydrogen-bond donors (Lipinski definition) is 2. The third-order valence-electron chi connectivity index (χ3n) is 1.43. The Morgan fingerprint density at radius 1 is 1.64 bits per heavy atom. The fourth-order valence-electron chi connectivity index (χ4n) is 0.869. The predicted octanol–water partition coefficient (Wildman–Crippen LogP) is -0.237. The van der Waals surface area contributed by atoms with Crippen LogP contribution in [-0.4, -0.2) is 17.4 Å². The Labute approximate surface area is 79.0 Å². The number of primary amides is 1. The van der Waals surface area contributed by atoms with Crippen molar-refractivity contribution in [3.05, 3.63) is 28.0 Å². The van der Waals surface area contributed by atoms with E-state index < -0.39 is 10.8 Å². The first kappa shape index (κ1) is 10.2. The summed E-state index contributed by atoms with van der Waals surface area (Å²) in [6.07, 6.45) is 0. The van der Waals surface area contributed by atoms with Crippen LogP contribution in [0.1, 0.15) is 5.76 Å². The Hall–Kier alpha value is -1.89. The second-order valence-electron chi connectivity index (χ2n) is 2.57. The standard InChI is InChI=1S/C7H9N3O4/c8-6(11)4-9-3-5-1-2-7(14-5)10(12)13/h1-2,9H,3-4H2,(H2,8,11). The molecule has 76 valence electrons. The highest BCUT2D eigenvalue weighted by Crippen LogP contribution is 2.14. The van der Waals surface area contributed by atoms with E-state index >= 15 is 0 Å². The molecule has 1 heterocycles. The maximum absolute atomic E-state index is 10.3. The molecule has 14 heavy (non-hydrogen) atoms. The average molecular weight is 199 g/mol. The van der Waals surface area contributed by atoms with E-state index in [0.29, 0.717) is 5.76 Å². The smallest absolute Gasteiger partial charge is 0.404 e. The van der Waals surface area contributed by atoms with Gasteiger partial charge in [-0.05, 0) is 6.07 Å². The van der Waals surface area contributed by atoms with E-state index in [0.717, 1.165) is 0 Å². The maximum Gasteiger partial charge on any atom is 0.433 e. The lowest BCUT2D eigenvalue weighted by Crippen LogP contribution is -2.27. The molecule has 0 aliphatic rings. The maximum atomic E-state index is 10.3. The van der Waals surface area contributed by atoms with Gasteiger partial charge in [0.2, 0.25) is 5.91 Å². The van der Waals surface area contributed by atoms with Crippen molar-refractivity contribution >= 4 is 11.8 Å². The molecule has 1 amide bonds. The van der Waals surface area contributed by atoms with E-state index in [1.165, 1.54) is 12.1 Å². The third kappa shape index (κ3) is 2.87. The molecule has 0 bridgehead atoms. The number of furan rings is 1. The SMILES string of the molecule is NC(=O)CNCc1ccc([N+](=O)[O-])o1. The molecule has 0 atom stereocenters. The zero-order valence-corrected chi connectivity index (χ0v) is 7.23. The number of nitrogens with two attached hydrogens (primary N) is 1. The van der Waals surface area contributed by atoms with Gasteiger partial charge in [0.15, 0.2) is 0 Å². The lowest BCUT2D eigenvalue weighted by molar-refractivity contribution is -0.402. The summed E-state index contributed by atoms with van der Waals surface area (Å²) >= 11 is 0. The number of nitro groups is 1. The second-order valence-corrected chi connectivity index (χ2v) is 2.57. The van der Waals surface area contributed by atoms with E-state index in [9.17, 15) is 14.9 Å². The number of carbonyl (C=O) groups is 1. The molecular weight excluding hydrogens is 190 g/mol. The molecule has 0 spiro atoms. The van der Waals surface area contributed by atoms with Crippen molar-refractivity contribution in [1.82, 2.24) is 5.32 Å². The zero-order valence-electron chi connectivity index (χ0n) is 7.23. The Morgan fingerprint density at radius 2 is 2.36 bits per heavy atom. The van der Waals surface area contributed by atoms with Crippen LogP contribution in [0, 0.1) is 10.1 Å². The summed E-state index contributed by atoms with van der Waals surface area (Å²) in [6.45, 7) is 0.241. The van der Waals surface area contributed by atoms with Crippen LogP contribution in [0.3, 0.4) is 0 Å². The summed E-state index contributed by atoms with van der Waals surface area (Å²) in [4.78, 5) is 19.9. The zero-order chi connectivity index (χ0) is 10.6. The Balaban J connectivity index is 2.44. The topological polar surface area (TPSA) is 111 Å². The quantitative estimate of drug-likeness (QED) is 0.502. The monoisotopic (exact) mass is 199 g/mol. The molecule has 7 nitrogen and oxygen atoms in total. The minimum absolute atomic E-state index is 0.00843. The van der Waals surface area contributed by atoms with Crippen molar-refractivity contribution in [2.24, 2.45) is 5.73 Å². The summed E-state index contributed by atoms with van der Waals surface area (Å²) in [5.41, 5.74) is 4.87. The van der Waals surface area contributed by atoms with Crippen LogP contribution in [0.15, 0.2) is 16.5 Å². The van der Waals surface area contributed by atoms with Gasteiger partial charge >= 0.3 is 5.88 Å². The Bertz CT molecular complexity index is 346. The lowest BCUT2D eigenvalue weighted by atomic mass is 10.4.